The van der Waals surface area contributed by atoms with E-state index in [1.165, 1.54) is 11.8 Å². The van der Waals surface area contributed by atoms with Gasteiger partial charge in [-0.05, 0) is 6.07 Å². The van der Waals surface area contributed by atoms with E-state index < -0.39 is 6.04 Å². The highest BCUT2D eigenvalue weighted by atomic mass is 35.5. The Morgan fingerprint density at radius 1 is 1.08 bits per heavy atom. The molecule has 0 spiro atoms. The maximum Gasteiger partial charge on any atom is 0.231 e. The van der Waals surface area contributed by atoms with Gasteiger partial charge in [0, 0.05) is 11.1 Å². The largest absolute Gasteiger partial charge is 0.336 e. The molecule has 2 aromatic carbocycles. The second-order valence-corrected chi connectivity index (χ2v) is 6.83. The number of amides is 1. The number of nitrogens with zero attached hydrogens (tertiary/aromatic N) is 1. The number of Topliss-reactive ketones (excluding diaryl/α,β-unsaturated/α-hetero) is 1. The summed E-state index contributed by atoms with van der Waals surface area (Å²) in [7, 11) is 0. The smallest absolute Gasteiger partial charge is 0.231 e. The zero-order chi connectivity index (χ0) is 18.2. The van der Waals surface area contributed by atoms with Crippen LogP contribution in [-0.2, 0) is 4.79 Å². The minimum atomic E-state index is -0.899. The van der Waals surface area contributed by atoms with E-state index >= 15 is 0 Å². The molecule has 2 rings (SSSR count). The highest BCUT2D eigenvalue weighted by molar-refractivity contribution is 8.00. The summed E-state index contributed by atoms with van der Waals surface area (Å²) in [5.41, 5.74) is 1.05. The number of halogens is 2. The molecule has 0 fully saturated rings. The monoisotopic (exact) mass is 392 g/mol. The zero-order valence-electron chi connectivity index (χ0n) is 13.0. The molecule has 0 aromatic heterocycles. The lowest BCUT2D eigenvalue weighted by molar-refractivity contribution is -0.118. The molecule has 1 unspecified atom stereocenters. The van der Waals surface area contributed by atoms with Gasteiger partial charge in [-0.15, -0.1) is 11.8 Å². The van der Waals surface area contributed by atoms with Crippen molar-refractivity contribution >= 4 is 46.7 Å². The quantitative estimate of drug-likeness (QED) is 0.713. The molecular weight excluding hydrogens is 379 g/mol. The van der Waals surface area contributed by atoms with Gasteiger partial charge in [0.25, 0.3) is 0 Å². The molecule has 0 radical (unpaired) electrons. The Labute approximate surface area is 160 Å². The number of nitrogens with one attached hydrogen (secondary N) is 1. The lowest BCUT2D eigenvalue weighted by Crippen LogP contribution is -2.29. The van der Waals surface area contributed by atoms with E-state index in [2.05, 4.69) is 5.32 Å². The van der Waals surface area contributed by atoms with E-state index in [1.54, 1.807) is 42.5 Å². The summed E-state index contributed by atoms with van der Waals surface area (Å²) in [6, 6.07) is 14.9. The third kappa shape index (κ3) is 5.50. The van der Waals surface area contributed by atoms with Crippen molar-refractivity contribution in [2.45, 2.75) is 6.04 Å². The molecule has 1 N–H and O–H groups in total. The SMILES string of the molecule is N#CC(NC(=O)CSCC(=O)c1ccccc1)c1cccc(Cl)c1Cl. The van der Waals surface area contributed by atoms with E-state index in [9.17, 15) is 14.9 Å². The maximum atomic E-state index is 12.0. The van der Waals surface area contributed by atoms with Crippen molar-refractivity contribution in [1.82, 2.24) is 5.32 Å². The van der Waals surface area contributed by atoms with Crippen LogP contribution in [0.3, 0.4) is 0 Å². The van der Waals surface area contributed by atoms with Gasteiger partial charge in [-0.1, -0.05) is 65.7 Å². The molecule has 1 atom stereocenters. The standard InChI is InChI=1S/C18H14Cl2N2O2S/c19-14-8-4-7-13(18(14)20)15(9-21)22-17(24)11-25-10-16(23)12-5-2-1-3-6-12/h1-8,15H,10-11H2,(H,22,24). The molecule has 0 saturated carbocycles. The van der Waals surface area contributed by atoms with Crippen LogP contribution in [0.2, 0.25) is 10.0 Å². The fourth-order valence-electron chi connectivity index (χ4n) is 2.07. The number of nitriles is 1. The van der Waals surface area contributed by atoms with E-state index in [4.69, 9.17) is 23.2 Å². The molecule has 0 aliphatic rings. The van der Waals surface area contributed by atoms with Gasteiger partial charge < -0.3 is 5.32 Å². The Bertz CT molecular complexity index is 806. The van der Waals surface area contributed by atoms with Crippen LogP contribution in [0.4, 0.5) is 0 Å². The van der Waals surface area contributed by atoms with Crippen LogP contribution in [0.1, 0.15) is 22.0 Å². The Balaban J connectivity index is 1.88. The van der Waals surface area contributed by atoms with Gasteiger partial charge in [0.15, 0.2) is 5.78 Å². The molecule has 1 amide bonds. The summed E-state index contributed by atoms with van der Waals surface area (Å²) in [5.74, 6) is -0.150. The fraction of sp³-hybridized carbons (Fsp3) is 0.167. The molecule has 4 nitrogen and oxygen atoms in total. The molecule has 25 heavy (non-hydrogen) atoms. The van der Waals surface area contributed by atoms with E-state index in [1.807, 2.05) is 12.1 Å². The van der Waals surface area contributed by atoms with Crippen LogP contribution in [0.15, 0.2) is 48.5 Å². The normalized spacial score (nSPS) is 11.4. The van der Waals surface area contributed by atoms with Gasteiger partial charge >= 0.3 is 0 Å². The molecule has 7 heteroatoms. The molecule has 0 bridgehead atoms. The van der Waals surface area contributed by atoms with Crippen LogP contribution in [0, 0.1) is 11.3 Å². The molecule has 2 aromatic rings. The van der Waals surface area contributed by atoms with Crippen LogP contribution < -0.4 is 5.32 Å². The van der Waals surface area contributed by atoms with Crippen molar-refractivity contribution < 1.29 is 9.59 Å². The highest BCUT2D eigenvalue weighted by Gasteiger charge is 2.18. The summed E-state index contributed by atoms with van der Waals surface area (Å²) in [5, 5.41) is 12.4. The third-order valence-corrected chi connectivity index (χ3v) is 5.06. The van der Waals surface area contributed by atoms with Gasteiger partial charge in [-0.25, -0.2) is 0 Å². The lowest BCUT2D eigenvalue weighted by Gasteiger charge is -2.14. The number of thioether (sulfide) groups is 1. The van der Waals surface area contributed by atoms with Crippen LogP contribution in [-0.4, -0.2) is 23.2 Å². The summed E-state index contributed by atoms with van der Waals surface area (Å²) in [6.07, 6.45) is 0. The number of hydrogen-bond acceptors (Lipinski definition) is 4. The average molecular weight is 393 g/mol. The van der Waals surface area contributed by atoms with E-state index in [0.29, 0.717) is 16.1 Å². The van der Waals surface area contributed by atoms with Gasteiger partial charge in [-0.2, -0.15) is 5.26 Å². The Morgan fingerprint density at radius 2 is 1.80 bits per heavy atom. The van der Waals surface area contributed by atoms with Gasteiger partial charge in [0.1, 0.15) is 6.04 Å². The minimum Gasteiger partial charge on any atom is -0.336 e. The van der Waals surface area contributed by atoms with Crippen molar-refractivity contribution in [2.75, 3.05) is 11.5 Å². The number of rotatable bonds is 7. The molecule has 0 heterocycles. The minimum absolute atomic E-state index is 0.0480. The van der Waals surface area contributed by atoms with Gasteiger partial charge in [0.05, 0.1) is 27.6 Å². The first-order valence-corrected chi connectivity index (χ1v) is 9.23. The average Bonchev–Trinajstić information content (AvgIpc) is 2.63. The summed E-state index contributed by atoms with van der Waals surface area (Å²) < 4.78 is 0. The van der Waals surface area contributed by atoms with E-state index in [-0.39, 0.29) is 28.2 Å². The number of carbonyl (C=O) groups excluding carboxylic acids is 2. The predicted molar refractivity (Wildman–Crippen MR) is 101 cm³/mol. The van der Waals surface area contributed by atoms with Crippen molar-refractivity contribution in [3.8, 4) is 6.07 Å². The second kappa shape index (κ2) is 9.47. The lowest BCUT2D eigenvalue weighted by atomic mass is 10.1. The zero-order valence-corrected chi connectivity index (χ0v) is 15.4. The Morgan fingerprint density at radius 3 is 2.48 bits per heavy atom. The van der Waals surface area contributed by atoms with Gasteiger partial charge in [0.2, 0.25) is 5.91 Å². The highest BCUT2D eigenvalue weighted by Crippen LogP contribution is 2.29. The summed E-state index contributed by atoms with van der Waals surface area (Å²) in [6.45, 7) is 0. The third-order valence-electron chi connectivity index (χ3n) is 3.29. The van der Waals surface area contributed by atoms with Crippen molar-refractivity contribution in [2.24, 2.45) is 0 Å². The van der Waals surface area contributed by atoms with Crippen LogP contribution in [0.25, 0.3) is 0 Å². The second-order valence-electron chi connectivity index (χ2n) is 5.05. The van der Waals surface area contributed by atoms with Crippen molar-refractivity contribution in [3.05, 3.63) is 69.7 Å². The first-order chi connectivity index (χ1) is 12.0. The molecule has 0 aliphatic carbocycles. The predicted octanol–water partition coefficient (Wildman–Crippen LogP) is 4.29. The Kier molecular flexibility index (Phi) is 7.32. The number of ketones is 1. The summed E-state index contributed by atoms with van der Waals surface area (Å²) >= 11 is 13.2. The van der Waals surface area contributed by atoms with Crippen molar-refractivity contribution in [3.63, 3.8) is 0 Å². The molecule has 0 aliphatic heterocycles. The topological polar surface area (TPSA) is 70.0 Å². The van der Waals surface area contributed by atoms with Crippen molar-refractivity contribution in [1.29, 1.82) is 5.26 Å². The first kappa shape index (κ1) is 19.3. The first-order valence-electron chi connectivity index (χ1n) is 7.32. The molecular formula is C18H14Cl2N2O2S. The van der Waals surface area contributed by atoms with E-state index in [0.717, 1.165) is 0 Å². The molecule has 128 valence electrons. The molecule has 0 saturated heterocycles. The maximum absolute atomic E-state index is 12.0. The number of benzene rings is 2. The number of hydrogen-bond donors (Lipinski definition) is 1. The Hall–Kier alpha value is -2.00. The fourth-order valence-corrected chi connectivity index (χ4v) is 3.21. The van der Waals surface area contributed by atoms with Gasteiger partial charge in [-0.3, -0.25) is 9.59 Å². The summed E-state index contributed by atoms with van der Waals surface area (Å²) in [4.78, 5) is 24.0. The van der Waals surface area contributed by atoms with Crippen LogP contribution in [0.5, 0.6) is 0 Å². The van der Waals surface area contributed by atoms with Crippen LogP contribution >= 0.6 is 35.0 Å². The number of carbonyl (C=O) groups is 2.